The Morgan fingerprint density at radius 2 is 1.78 bits per heavy atom. The molecule has 1 atom stereocenters. The van der Waals surface area contributed by atoms with Gasteiger partial charge in [-0.15, -0.1) is 11.8 Å². The fraction of sp³-hybridized carbons (Fsp3) is 0.462. The second-order valence-corrected chi connectivity index (χ2v) is 9.99. The van der Waals surface area contributed by atoms with Crippen molar-refractivity contribution in [2.24, 2.45) is 5.92 Å². The van der Waals surface area contributed by atoms with Crippen LogP contribution >= 0.6 is 11.8 Å². The van der Waals surface area contributed by atoms with E-state index >= 15 is 0 Å². The Hall–Kier alpha value is -2.31. The summed E-state index contributed by atoms with van der Waals surface area (Å²) >= 11 is 1.65. The lowest BCUT2D eigenvalue weighted by atomic mass is 9.99. The van der Waals surface area contributed by atoms with Crippen LogP contribution in [0.4, 0.5) is 0 Å². The van der Waals surface area contributed by atoms with Gasteiger partial charge in [0, 0.05) is 18.7 Å². The monoisotopic (exact) mass is 451 g/mol. The van der Waals surface area contributed by atoms with Crippen LogP contribution in [0.5, 0.6) is 0 Å². The van der Waals surface area contributed by atoms with Crippen LogP contribution in [0.2, 0.25) is 0 Å². The molecule has 2 aliphatic rings. The first-order valence-corrected chi connectivity index (χ1v) is 12.7. The summed E-state index contributed by atoms with van der Waals surface area (Å²) in [6.45, 7) is 7.04. The smallest absolute Gasteiger partial charge is 0.251 e. The number of benzene rings is 2. The van der Waals surface area contributed by atoms with Gasteiger partial charge in [-0.1, -0.05) is 49.4 Å². The summed E-state index contributed by atoms with van der Waals surface area (Å²) < 4.78 is 0. The van der Waals surface area contributed by atoms with Gasteiger partial charge in [0.25, 0.3) is 5.91 Å². The van der Waals surface area contributed by atoms with E-state index in [0.717, 1.165) is 30.0 Å². The molecule has 6 heteroatoms. The number of carbonyl (C=O) groups is 2. The fourth-order valence-corrected chi connectivity index (χ4v) is 5.56. The third kappa shape index (κ3) is 5.93. The summed E-state index contributed by atoms with van der Waals surface area (Å²) in [4.78, 5) is 29.4. The number of amides is 2. The summed E-state index contributed by atoms with van der Waals surface area (Å²) in [7, 11) is 0. The minimum Gasteiger partial charge on any atom is -0.352 e. The highest BCUT2D eigenvalue weighted by molar-refractivity contribution is 8.00. The first-order valence-electron chi connectivity index (χ1n) is 11.7. The van der Waals surface area contributed by atoms with Crippen LogP contribution in [-0.4, -0.2) is 53.5 Å². The summed E-state index contributed by atoms with van der Waals surface area (Å²) in [5, 5.41) is 3.04. The Balaban J connectivity index is 1.27. The maximum Gasteiger partial charge on any atom is 0.251 e. The predicted octanol–water partition coefficient (Wildman–Crippen LogP) is 4.31. The van der Waals surface area contributed by atoms with Gasteiger partial charge in [-0.3, -0.25) is 9.59 Å². The highest BCUT2D eigenvalue weighted by Gasteiger charge is 2.32. The van der Waals surface area contributed by atoms with E-state index in [0.29, 0.717) is 24.4 Å². The molecule has 2 aliphatic heterocycles. The minimum absolute atomic E-state index is 0.00733. The molecule has 2 aromatic rings. The Labute approximate surface area is 195 Å². The minimum atomic E-state index is -0.0277. The van der Waals surface area contributed by atoms with Crippen LogP contribution in [0, 0.1) is 5.92 Å². The van der Waals surface area contributed by atoms with Gasteiger partial charge in [-0.25, -0.2) is 0 Å². The van der Waals surface area contributed by atoms with Gasteiger partial charge < -0.3 is 15.1 Å². The molecule has 4 rings (SSSR count). The zero-order chi connectivity index (χ0) is 22.3. The molecule has 2 heterocycles. The van der Waals surface area contributed by atoms with Crippen LogP contribution in [0.15, 0.2) is 54.6 Å². The van der Waals surface area contributed by atoms with E-state index in [-0.39, 0.29) is 17.2 Å². The number of nitrogens with one attached hydrogen (secondary N) is 1. The predicted molar refractivity (Wildman–Crippen MR) is 130 cm³/mol. The third-order valence-electron chi connectivity index (χ3n) is 6.43. The zero-order valence-corrected chi connectivity index (χ0v) is 19.7. The molecule has 0 aliphatic carbocycles. The molecule has 0 spiro atoms. The van der Waals surface area contributed by atoms with Crippen LogP contribution in [0.25, 0.3) is 0 Å². The topological polar surface area (TPSA) is 52.7 Å². The number of nitrogens with zero attached hydrogens (tertiary/aromatic N) is 2. The van der Waals surface area contributed by atoms with E-state index in [4.69, 9.17) is 0 Å². The van der Waals surface area contributed by atoms with Gasteiger partial charge in [0.1, 0.15) is 5.37 Å². The number of thioether (sulfide) groups is 1. The highest BCUT2D eigenvalue weighted by Crippen LogP contribution is 2.39. The molecule has 2 amide bonds. The van der Waals surface area contributed by atoms with Crippen LogP contribution < -0.4 is 5.32 Å². The molecular formula is C26H33N3O2S. The fourth-order valence-electron chi connectivity index (χ4n) is 4.37. The number of likely N-dealkylation sites (tertiary alicyclic amines) is 1. The summed E-state index contributed by atoms with van der Waals surface area (Å²) in [6, 6.07) is 17.8. The maximum atomic E-state index is 12.5. The molecule has 5 nitrogen and oxygen atoms in total. The third-order valence-corrected chi connectivity index (χ3v) is 7.69. The second-order valence-electron chi connectivity index (χ2n) is 8.93. The van der Waals surface area contributed by atoms with Gasteiger partial charge in [-0.2, -0.15) is 0 Å². The molecule has 0 saturated carbocycles. The quantitative estimate of drug-likeness (QED) is 0.608. The number of rotatable bonds is 8. The molecule has 170 valence electrons. The number of hydrogen-bond donors (Lipinski definition) is 1. The van der Waals surface area contributed by atoms with E-state index in [9.17, 15) is 9.59 Å². The highest BCUT2D eigenvalue weighted by atomic mass is 32.2. The van der Waals surface area contributed by atoms with Crippen molar-refractivity contribution in [3.8, 4) is 0 Å². The Kier molecular flexibility index (Phi) is 7.87. The van der Waals surface area contributed by atoms with Crippen molar-refractivity contribution >= 4 is 23.6 Å². The van der Waals surface area contributed by atoms with Crippen molar-refractivity contribution in [3.05, 3.63) is 71.3 Å². The molecule has 0 aromatic heterocycles. The van der Waals surface area contributed by atoms with Gasteiger partial charge in [0.15, 0.2) is 0 Å². The number of carbonyl (C=O) groups excluding carboxylic acids is 2. The van der Waals surface area contributed by atoms with E-state index < -0.39 is 0 Å². The normalized spacial score (nSPS) is 20.0. The lowest BCUT2D eigenvalue weighted by Gasteiger charge is -2.30. The molecule has 0 radical (unpaired) electrons. The zero-order valence-electron chi connectivity index (χ0n) is 18.8. The molecule has 0 unspecified atom stereocenters. The second kappa shape index (κ2) is 11.0. The lowest BCUT2D eigenvalue weighted by Crippen LogP contribution is -2.35. The SMILES string of the molecule is CC1CCN(CCCNC(=O)c2ccc([C@H]3SCC(=O)N3Cc3ccccc3)cc2)CC1. The van der Waals surface area contributed by atoms with Gasteiger partial charge in [0.05, 0.1) is 5.75 Å². The van der Waals surface area contributed by atoms with E-state index in [1.54, 1.807) is 11.8 Å². The molecule has 2 fully saturated rings. The van der Waals surface area contributed by atoms with Crippen LogP contribution in [0.1, 0.15) is 53.0 Å². The van der Waals surface area contributed by atoms with Crippen LogP contribution in [0.3, 0.4) is 0 Å². The van der Waals surface area contributed by atoms with Crippen molar-refractivity contribution in [1.82, 2.24) is 15.1 Å². The van der Waals surface area contributed by atoms with Crippen molar-refractivity contribution in [3.63, 3.8) is 0 Å². The van der Waals surface area contributed by atoms with Crippen molar-refractivity contribution in [2.75, 3.05) is 31.9 Å². The average Bonchev–Trinajstić information content (AvgIpc) is 3.18. The Morgan fingerprint density at radius 1 is 1.06 bits per heavy atom. The van der Waals surface area contributed by atoms with Crippen molar-refractivity contribution in [1.29, 1.82) is 0 Å². The Morgan fingerprint density at radius 3 is 2.50 bits per heavy atom. The first kappa shape index (κ1) is 22.9. The van der Waals surface area contributed by atoms with Gasteiger partial charge >= 0.3 is 0 Å². The molecule has 0 bridgehead atoms. The van der Waals surface area contributed by atoms with Gasteiger partial charge in [0.2, 0.25) is 5.91 Å². The van der Waals surface area contributed by atoms with Crippen molar-refractivity contribution in [2.45, 2.75) is 38.1 Å². The first-order chi connectivity index (χ1) is 15.6. The number of piperidine rings is 1. The van der Waals surface area contributed by atoms with E-state index in [1.165, 1.54) is 25.9 Å². The summed E-state index contributed by atoms with van der Waals surface area (Å²) in [6.07, 6.45) is 3.55. The summed E-state index contributed by atoms with van der Waals surface area (Å²) in [5.41, 5.74) is 2.86. The molecule has 2 aromatic carbocycles. The average molecular weight is 452 g/mol. The lowest BCUT2D eigenvalue weighted by molar-refractivity contribution is -0.128. The number of hydrogen-bond acceptors (Lipinski definition) is 4. The largest absolute Gasteiger partial charge is 0.352 e. The Bertz CT molecular complexity index is 895. The van der Waals surface area contributed by atoms with E-state index in [1.807, 2.05) is 59.5 Å². The van der Waals surface area contributed by atoms with Gasteiger partial charge in [-0.05, 0) is 68.1 Å². The molecule has 32 heavy (non-hydrogen) atoms. The van der Waals surface area contributed by atoms with E-state index in [2.05, 4.69) is 17.1 Å². The summed E-state index contributed by atoms with van der Waals surface area (Å²) in [5.74, 6) is 1.48. The standard InChI is InChI=1S/C26H33N3O2S/c1-20-12-16-28(17-13-20)15-5-14-27-25(31)22-8-10-23(11-9-22)26-29(24(30)19-32-26)18-21-6-3-2-4-7-21/h2-4,6-11,20,26H,5,12-19H2,1H3,(H,27,31)/t26-/m1/s1. The molecule has 1 N–H and O–H groups in total. The molecular weight excluding hydrogens is 418 g/mol. The van der Waals surface area contributed by atoms with Crippen molar-refractivity contribution < 1.29 is 9.59 Å². The van der Waals surface area contributed by atoms with Crippen LogP contribution in [-0.2, 0) is 11.3 Å². The maximum absolute atomic E-state index is 12.5. The molecule has 2 saturated heterocycles.